The smallest absolute Gasteiger partial charge is 0.271 e. The zero-order valence-electron chi connectivity index (χ0n) is 13.2. The van der Waals surface area contributed by atoms with Gasteiger partial charge in [-0.2, -0.15) is 0 Å². The number of aromatic nitrogens is 1. The lowest BCUT2D eigenvalue weighted by Gasteiger charge is -2.23. The quantitative estimate of drug-likeness (QED) is 0.745. The van der Waals surface area contributed by atoms with Crippen molar-refractivity contribution in [1.29, 1.82) is 0 Å². The van der Waals surface area contributed by atoms with Crippen LogP contribution in [0.25, 0.3) is 10.9 Å². The molecule has 0 N–H and O–H groups in total. The third kappa shape index (κ3) is 2.34. The molecule has 5 nitrogen and oxygen atoms in total. The number of amides is 1. The summed E-state index contributed by atoms with van der Waals surface area (Å²) < 4.78 is 7.32. The van der Waals surface area contributed by atoms with Crippen molar-refractivity contribution < 1.29 is 14.3 Å². The van der Waals surface area contributed by atoms with Gasteiger partial charge in [0.1, 0.15) is 24.6 Å². The number of ether oxygens (including phenoxy) is 1. The second-order valence-electron chi connectivity index (χ2n) is 5.91. The van der Waals surface area contributed by atoms with Gasteiger partial charge in [-0.25, -0.2) is 0 Å². The van der Waals surface area contributed by atoms with Crippen LogP contribution in [0.4, 0.5) is 0 Å². The molecule has 2 heterocycles. The molecule has 1 aliphatic heterocycles. The Hall–Kier alpha value is -3.08. The van der Waals surface area contributed by atoms with Gasteiger partial charge in [0.25, 0.3) is 11.8 Å². The molecule has 2 aromatic carbocycles. The molecule has 1 amide bonds. The van der Waals surface area contributed by atoms with Crippen LogP contribution >= 0.6 is 0 Å². The first-order valence-electron chi connectivity index (χ1n) is 7.74. The number of fused-ring (bicyclic) bond motifs is 3. The number of rotatable bonds is 3. The second-order valence-corrected chi connectivity index (χ2v) is 5.91. The van der Waals surface area contributed by atoms with Crippen molar-refractivity contribution in [2.75, 3.05) is 13.6 Å². The van der Waals surface area contributed by atoms with E-state index in [2.05, 4.69) is 0 Å². The van der Waals surface area contributed by atoms with E-state index < -0.39 is 0 Å². The van der Waals surface area contributed by atoms with E-state index in [0.717, 1.165) is 16.5 Å². The molecule has 0 saturated carbocycles. The highest BCUT2D eigenvalue weighted by molar-refractivity contribution is 6.09. The maximum absolute atomic E-state index is 12.3. The van der Waals surface area contributed by atoms with Gasteiger partial charge < -0.3 is 9.64 Å². The summed E-state index contributed by atoms with van der Waals surface area (Å²) >= 11 is 0. The SMILES string of the molecule is CN1CC(=O)n2c(cc3cc(OCc4ccccc4)ccc32)C1=O. The van der Waals surface area contributed by atoms with E-state index in [1.165, 1.54) is 9.47 Å². The van der Waals surface area contributed by atoms with Crippen LogP contribution in [0.2, 0.25) is 0 Å². The Morgan fingerprint density at radius 1 is 1.04 bits per heavy atom. The zero-order chi connectivity index (χ0) is 16.7. The minimum absolute atomic E-state index is 0.0972. The predicted molar refractivity (Wildman–Crippen MR) is 90.3 cm³/mol. The molecule has 0 atom stereocenters. The molecule has 120 valence electrons. The van der Waals surface area contributed by atoms with Gasteiger partial charge in [-0.15, -0.1) is 0 Å². The van der Waals surface area contributed by atoms with E-state index >= 15 is 0 Å². The van der Waals surface area contributed by atoms with Gasteiger partial charge in [-0.1, -0.05) is 30.3 Å². The second kappa shape index (κ2) is 5.53. The Morgan fingerprint density at radius 2 is 1.83 bits per heavy atom. The van der Waals surface area contributed by atoms with Gasteiger partial charge >= 0.3 is 0 Å². The fourth-order valence-corrected chi connectivity index (χ4v) is 2.99. The maximum atomic E-state index is 12.3. The van der Waals surface area contributed by atoms with Crippen molar-refractivity contribution in [1.82, 2.24) is 9.47 Å². The standard InChI is InChI=1S/C19H16N2O3/c1-20-11-18(22)21-16-8-7-15(9-14(16)10-17(21)19(20)23)24-12-13-5-3-2-4-6-13/h2-10H,11-12H2,1H3. The number of likely N-dealkylation sites (N-methyl/N-ethyl adjacent to an activating group) is 1. The molecule has 24 heavy (non-hydrogen) atoms. The summed E-state index contributed by atoms with van der Waals surface area (Å²) in [5.74, 6) is 0.472. The molecular formula is C19H16N2O3. The average Bonchev–Trinajstić information content (AvgIpc) is 2.98. The molecule has 1 aliphatic rings. The lowest BCUT2D eigenvalue weighted by atomic mass is 10.2. The number of carbonyl (C=O) groups excluding carboxylic acids is 2. The summed E-state index contributed by atoms with van der Waals surface area (Å²) in [4.78, 5) is 25.9. The predicted octanol–water partition coefficient (Wildman–Crippen LogP) is 2.95. The van der Waals surface area contributed by atoms with Gasteiger partial charge in [0, 0.05) is 12.4 Å². The number of benzene rings is 2. The monoisotopic (exact) mass is 320 g/mol. The fraction of sp³-hybridized carbons (Fsp3) is 0.158. The Kier molecular flexibility index (Phi) is 3.34. The van der Waals surface area contributed by atoms with Crippen molar-refractivity contribution in [3.63, 3.8) is 0 Å². The van der Waals surface area contributed by atoms with Gasteiger partial charge in [0.2, 0.25) is 0 Å². The molecule has 0 unspecified atom stereocenters. The van der Waals surface area contributed by atoms with Crippen molar-refractivity contribution in [2.24, 2.45) is 0 Å². The van der Waals surface area contributed by atoms with Crippen molar-refractivity contribution >= 4 is 22.7 Å². The molecule has 4 rings (SSSR count). The highest BCUT2D eigenvalue weighted by Crippen LogP contribution is 2.27. The largest absolute Gasteiger partial charge is 0.489 e. The van der Waals surface area contributed by atoms with Crippen LogP contribution in [-0.2, 0) is 6.61 Å². The summed E-state index contributed by atoms with van der Waals surface area (Å²) in [5.41, 5.74) is 2.23. The van der Waals surface area contributed by atoms with Crippen molar-refractivity contribution in [2.45, 2.75) is 6.61 Å². The van der Waals surface area contributed by atoms with E-state index in [-0.39, 0.29) is 18.4 Å². The Balaban J connectivity index is 1.67. The minimum Gasteiger partial charge on any atom is -0.489 e. The van der Waals surface area contributed by atoms with Crippen LogP contribution in [0.5, 0.6) is 5.75 Å². The number of nitrogens with zero attached hydrogens (tertiary/aromatic N) is 2. The lowest BCUT2D eigenvalue weighted by Crippen LogP contribution is -2.41. The molecule has 0 aliphatic carbocycles. The molecule has 0 saturated heterocycles. The highest BCUT2D eigenvalue weighted by atomic mass is 16.5. The van der Waals surface area contributed by atoms with Gasteiger partial charge in [0.15, 0.2) is 0 Å². The third-order valence-electron chi connectivity index (χ3n) is 4.21. The summed E-state index contributed by atoms with van der Waals surface area (Å²) in [6, 6.07) is 17.2. The molecule has 3 aromatic rings. The van der Waals surface area contributed by atoms with E-state index in [1.807, 2.05) is 48.5 Å². The molecule has 1 aromatic heterocycles. The van der Waals surface area contributed by atoms with E-state index in [0.29, 0.717) is 18.1 Å². The van der Waals surface area contributed by atoms with Crippen LogP contribution in [0.15, 0.2) is 54.6 Å². The molecule has 0 radical (unpaired) electrons. The molecule has 5 heteroatoms. The summed E-state index contributed by atoms with van der Waals surface area (Å²) in [5, 5.41) is 0.826. The highest BCUT2D eigenvalue weighted by Gasteiger charge is 2.29. The summed E-state index contributed by atoms with van der Waals surface area (Å²) in [6.45, 7) is 0.572. The van der Waals surface area contributed by atoms with Crippen LogP contribution < -0.4 is 4.74 Å². The number of hydrogen-bond acceptors (Lipinski definition) is 3. The van der Waals surface area contributed by atoms with E-state index in [4.69, 9.17) is 4.74 Å². The topological polar surface area (TPSA) is 51.5 Å². The summed E-state index contributed by atoms with van der Waals surface area (Å²) in [6.07, 6.45) is 0. The van der Waals surface area contributed by atoms with Gasteiger partial charge in [0.05, 0.1) is 5.52 Å². The minimum atomic E-state index is -0.141. The van der Waals surface area contributed by atoms with E-state index in [9.17, 15) is 9.59 Å². The lowest BCUT2D eigenvalue weighted by molar-refractivity contribution is 0.0661. The maximum Gasteiger partial charge on any atom is 0.271 e. The first-order chi connectivity index (χ1) is 11.6. The van der Waals surface area contributed by atoms with Gasteiger partial charge in [-0.3, -0.25) is 14.2 Å². The van der Waals surface area contributed by atoms with Crippen LogP contribution in [0, 0.1) is 0 Å². The summed E-state index contributed by atoms with van der Waals surface area (Å²) in [7, 11) is 1.63. The van der Waals surface area contributed by atoms with Crippen molar-refractivity contribution in [3.05, 3.63) is 65.9 Å². The van der Waals surface area contributed by atoms with Crippen LogP contribution in [-0.4, -0.2) is 34.9 Å². The van der Waals surface area contributed by atoms with Gasteiger partial charge in [-0.05, 0) is 29.8 Å². The molecular weight excluding hydrogens is 304 g/mol. The number of carbonyl (C=O) groups is 2. The van der Waals surface area contributed by atoms with Crippen LogP contribution in [0.3, 0.4) is 0 Å². The fourth-order valence-electron chi connectivity index (χ4n) is 2.99. The van der Waals surface area contributed by atoms with E-state index in [1.54, 1.807) is 13.1 Å². The first kappa shape index (κ1) is 14.5. The molecule has 0 bridgehead atoms. The Bertz CT molecular complexity index is 944. The molecule has 0 fully saturated rings. The Morgan fingerprint density at radius 3 is 2.62 bits per heavy atom. The molecule has 0 spiro atoms. The number of hydrogen-bond donors (Lipinski definition) is 0. The van der Waals surface area contributed by atoms with Crippen LogP contribution in [0.1, 0.15) is 20.8 Å². The van der Waals surface area contributed by atoms with Crippen molar-refractivity contribution in [3.8, 4) is 5.75 Å². The Labute approximate surface area is 139 Å². The normalized spacial score (nSPS) is 14.1. The average molecular weight is 320 g/mol. The zero-order valence-corrected chi connectivity index (χ0v) is 13.2. The first-order valence-corrected chi connectivity index (χ1v) is 7.74. The third-order valence-corrected chi connectivity index (χ3v) is 4.21.